The second-order valence-electron chi connectivity index (χ2n) is 5.30. The topological polar surface area (TPSA) is 20.2 Å². The fourth-order valence-corrected chi connectivity index (χ4v) is 2.11. The van der Waals surface area contributed by atoms with Crippen LogP contribution in [0.1, 0.15) is 43.4 Å². The lowest BCUT2D eigenvalue weighted by molar-refractivity contribution is -0.347. The summed E-state index contributed by atoms with van der Waals surface area (Å²) < 4.78 is 88.8. The van der Waals surface area contributed by atoms with E-state index in [1.54, 1.807) is 13.8 Å². The summed E-state index contributed by atoms with van der Waals surface area (Å²) in [5, 5.41) is 9.77. The number of alkyl halides is 7. The van der Waals surface area contributed by atoms with Gasteiger partial charge in [0.1, 0.15) is 0 Å². The van der Waals surface area contributed by atoms with Gasteiger partial charge in [-0.2, -0.15) is 26.3 Å². The molecule has 0 spiro atoms. The molecule has 0 bridgehead atoms. The molecule has 0 aliphatic carbocycles. The van der Waals surface area contributed by atoms with Crippen molar-refractivity contribution in [2.45, 2.75) is 50.3 Å². The normalized spacial score (nSPS) is 15.2. The molecular formula is C14H15F7O. The van der Waals surface area contributed by atoms with Gasteiger partial charge in [0.2, 0.25) is 0 Å². The molecule has 1 atom stereocenters. The molecule has 126 valence electrons. The van der Waals surface area contributed by atoms with Crippen LogP contribution in [0.2, 0.25) is 0 Å². The minimum atomic E-state index is -6.17. The first-order valence-electron chi connectivity index (χ1n) is 6.40. The van der Waals surface area contributed by atoms with Gasteiger partial charge in [-0.25, -0.2) is 4.39 Å². The molecule has 0 saturated heterocycles. The molecule has 8 heteroatoms. The number of hydrogen-bond acceptors (Lipinski definition) is 1. The van der Waals surface area contributed by atoms with Crippen molar-refractivity contribution in [3.63, 3.8) is 0 Å². The van der Waals surface area contributed by atoms with E-state index < -0.39 is 30.5 Å². The Balaban J connectivity index is 3.22. The van der Waals surface area contributed by atoms with Crippen molar-refractivity contribution in [1.29, 1.82) is 0 Å². The molecule has 22 heavy (non-hydrogen) atoms. The monoisotopic (exact) mass is 332 g/mol. The fraction of sp³-hybridized carbons (Fsp3) is 0.571. The highest BCUT2D eigenvalue weighted by Crippen LogP contribution is 2.50. The molecule has 0 radical (unpaired) electrons. The summed E-state index contributed by atoms with van der Waals surface area (Å²) in [7, 11) is 0. The molecule has 1 nitrogen and oxygen atoms in total. The predicted molar refractivity (Wildman–Crippen MR) is 66.1 cm³/mol. The zero-order chi connectivity index (χ0) is 17.3. The Morgan fingerprint density at radius 2 is 1.27 bits per heavy atom. The fourth-order valence-electron chi connectivity index (χ4n) is 2.11. The average molecular weight is 332 g/mol. The van der Waals surface area contributed by atoms with Gasteiger partial charge < -0.3 is 5.11 Å². The summed E-state index contributed by atoms with van der Waals surface area (Å²) >= 11 is 0. The van der Waals surface area contributed by atoms with Crippen molar-refractivity contribution >= 4 is 0 Å². The molecule has 1 aromatic rings. The van der Waals surface area contributed by atoms with Crippen LogP contribution in [0.5, 0.6) is 0 Å². The smallest absolute Gasteiger partial charge is 0.388 e. The van der Waals surface area contributed by atoms with E-state index in [0.717, 1.165) is 0 Å². The first kappa shape index (κ1) is 18.7. The van der Waals surface area contributed by atoms with E-state index >= 15 is 0 Å². The van der Waals surface area contributed by atoms with Crippen molar-refractivity contribution in [3.8, 4) is 0 Å². The third-order valence-electron chi connectivity index (χ3n) is 3.35. The largest absolute Gasteiger partial charge is 0.431 e. The van der Waals surface area contributed by atoms with E-state index in [-0.39, 0.29) is 11.5 Å². The standard InChI is InChI=1S/C14H15F7O/c1-8(2)9-5-3-4-6-10(9)11(22)7-12(15,13(16,17)18)14(19,20)21/h3-6,8,11,22H,7H2,1-2H3. The van der Waals surface area contributed by atoms with Crippen molar-refractivity contribution in [2.24, 2.45) is 0 Å². The molecule has 0 aromatic heterocycles. The van der Waals surface area contributed by atoms with Crippen LogP contribution >= 0.6 is 0 Å². The van der Waals surface area contributed by atoms with Crippen LogP contribution in [-0.2, 0) is 0 Å². The van der Waals surface area contributed by atoms with E-state index in [9.17, 15) is 35.8 Å². The second-order valence-corrected chi connectivity index (χ2v) is 5.30. The molecule has 0 amide bonds. The summed E-state index contributed by atoms with van der Waals surface area (Å²) in [5.74, 6) is -0.253. The summed E-state index contributed by atoms with van der Waals surface area (Å²) in [5.41, 5.74) is -5.25. The van der Waals surface area contributed by atoms with Gasteiger partial charge in [-0.1, -0.05) is 38.1 Å². The third kappa shape index (κ3) is 3.53. The van der Waals surface area contributed by atoms with Gasteiger partial charge in [0.25, 0.3) is 0 Å². The minimum Gasteiger partial charge on any atom is -0.388 e. The van der Waals surface area contributed by atoms with E-state index in [2.05, 4.69) is 0 Å². The number of aliphatic hydroxyl groups is 1. The van der Waals surface area contributed by atoms with E-state index in [0.29, 0.717) is 5.56 Å². The molecule has 1 N–H and O–H groups in total. The number of hydrogen-bond donors (Lipinski definition) is 1. The molecule has 0 heterocycles. The van der Waals surface area contributed by atoms with Gasteiger partial charge in [-0.3, -0.25) is 0 Å². The van der Waals surface area contributed by atoms with Crippen molar-refractivity contribution in [1.82, 2.24) is 0 Å². The first-order chi connectivity index (χ1) is 9.81. The number of benzene rings is 1. The Morgan fingerprint density at radius 3 is 1.64 bits per heavy atom. The lowest BCUT2D eigenvalue weighted by Gasteiger charge is -2.32. The molecule has 0 saturated carbocycles. The molecule has 1 rings (SSSR count). The highest BCUT2D eigenvalue weighted by Gasteiger charge is 2.72. The minimum absolute atomic E-state index is 0.145. The molecule has 0 fully saturated rings. The molecule has 0 aliphatic rings. The van der Waals surface area contributed by atoms with E-state index in [4.69, 9.17) is 0 Å². The van der Waals surface area contributed by atoms with E-state index in [1.165, 1.54) is 24.3 Å². The molecular weight excluding hydrogens is 317 g/mol. The van der Waals surface area contributed by atoms with Gasteiger partial charge in [0.15, 0.2) is 0 Å². The van der Waals surface area contributed by atoms with Crippen LogP contribution in [0.3, 0.4) is 0 Å². The van der Waals surface area contributed by atoms with Crippen LogP contribution < -0.4 is 0 Å². The first-order valence-corrected chi connectivity index (χ1v) is 6.40. The highest BCUT2D eigenvalue weighted by atomic mass is 19.4. The van der Waals surface area contributed by atoms with Crippen molar-refractivity contribution in [3.05, 3.63) is 35.4 Å². The Labute approximate surface area is 122 Å². The predicted octanol–water partition coefficient (Wildman–Crippen LogP) is 5.07. The van der Waals surface area contributed by atoms with Crippen LogP contribution in [0, 0.1) is 0 Å². The molecule has 1 unspecified atom stereocenters. The van der Waals surface area contributed by atoms with Gasteiger partial charge in [-0.05, 0) is 17.0 Å². The zero-order valence-electron chi connectivity index (χ0n) is 11.8. The Morgan fingerprint density at radius 1 is 0.864 bits per heavy atom. The van der Waals surface area contributed by atoms with Gasteiger partial charge in [0.05, 0.1) is 6.10 Å². The summed E-state index contributed by atoms with van der Waals surface area (Å²) in [6.45, 7) is 3.31. The van der Waals surface area contributed by atoms with Crippen LogP contribution in [0.4, 0.5) is 30.7 Å². The molecule has 0 aliphatic heterocycles. The van der Waals surface area contributed by atoms with Crippen LogP contribution in [0.15, 0.2) is 24.3 Å². The summed E-state index contributed by atoms with van der Waals surface area (Å²) in [6.07, 6.45) is -16.7. The number of rotatable bonds is 4. The third-order valence-corrected chi connectivity index (χ3v) is 3.35. The average Bonchev–Trinajstić information content (AvgIpc) is 2.35. The maximum Gasteiger partial charge on any atom is 0.431 e. The quantitative estimate of drug-likeness (QED) is 0.764. The van der Waals surface area contributed by atoms with E-state index in [1.807, 2.05) is 0 Å². The summed E-state index contributed by atoms with van der Waals surface area (Å²) in [4.78, 5) is 0. The zero-order valence-corrected chi connectivity index (χ0v) is 11.8. The lowest BCUT2D eigenvalue weighted by Crippen LogP contribution is -2.54. The van der Waals surface area contributed by atoms with Gasteiger partial charge >= 0.3 is 18.0 Å². The number of aliphatic hydroxyl groups excluding tert-OH is 1. The maximum absolute atomic E-state index is 13.7. The Bertz CT molecular complexity index is 491. The van der Waals surface area contributed by atoms with Crippen LogP contribution in [-0.4, -0.2) is 23.1 Å². The van der Waals surface area contributed by atoms with Crippen LogP contribution in [0.25, 0.3) is 0 Å². The maximum atomic E-state index is 13.7. The van der Waals surface area contributed by atoms with Crippen molar-refractivity contribution < 1.29 is 35.8 Å². The Hall–Kier alpha value is -1.31. The number of halogens is 7. The van der Waals surface area contributed by atoms with Gasteiger partial charge in [-0.15, -0.1) is 0 Å². The highest BCUT2D eigenvalue weighted by molar-refractivity contribution is 5.32. The van der Waals surface area contributed by atoms with Crippen molar-refractivity contribution in [2.75, 3.05) is 0 Å². The summed E-state index contributed by atoms with van der Waals surface area (Å²) in [6, 6.07) is 5.53. The SMILES string of the molecule is CC(C)c1ccccc1C(O)CC(F)(C(F)(F)F)C(F)(F)F. The lowest BCUT2D eigenvalue weighted by atomic mass is 9.88. The molecule has 1 aromatic carbocycles. The second kappa shape index (κ2) is 6.06. The van der Waals surface area contributed by atoms with Gasteiger partial charge in [0, 0.05) is 6.42 Å². The Kier molecular flexibility index (Phi) is 5.16.